The van der Waals surface area contributed by atoms with E-state index in [9.17, 15) is 9.90 Å². The Hall–Kier alpha value is -2.91. The van der Waals surface area contributed by atoms with Gasteiger partial charge in [-0.15, -0.1) is 0 Å². The third-order valence-corrected chi connectivity index (χ3v) is 7.20. The molecule has 4 aromatic rings. The molecule has 3 atom stereocenters. The minimum absolute atomic E-state index is 0.191. The molecule has 0 saturated carbocycles. The second-order valence-electron chi connectivity index (χ2n) is 8.81. The van der Waals surface area contributed by atoms with Crippen LogP contribution < -0.4 is 0 Å². The van der Waals surface area contributed by atoms with Crippen LogP contribution >= 0.6 is 23.2 Å². The van der Waals surface area contributed by atoms with Gasteiger partial charge in [-0.25, -0.2) is 0 Å². The highest BCUT2D eigenvalue weighted by Gasteiger charge is 2.31. The largest absolute Gasteiger partial charge is 0.388 e. The summed E-state index contributed by atoms with van der Waals surface area (Å²) in [5.74, 6) is 0.672. The quantitative estimate of drug-likeness (QED) is 0.311. The minimum Gasteiger partial charge on any atom is -0.388 e. The average Bonchev–Trinajstić information content (AvgIpc) is 3.37. The molecule has 170 valence electrons. The van der Waals surface area contributed by atoms with Crippen LogP contribution in [0.5, 0.6) is 0 Å². The van der Waals surface area contributed by atoms with Crippen molar-refractivity contribution in [2.75, 3.05) is 0 Å². The van der Waals surface area contributed by atoms with Gasteiger partial charge in [0.05, 0.1) is 6.10 Å². The van der Waals surface area contributed by atoms with Crippen molar-refractivity contribution in [1.82, 2.24) is 0 Å². The number of rotatable bonds is 2. The second kappa shape index (κ2) is 9.76. The van der Waals surface area contributed by atoms with E-state index in [0.29, 0.717) is 22.4 Å². The zero-order valence-electron chi connectivity index (χ0n) is 18.5. The molecular formula is C30H24Cl2O2. The van der Waals surface area contributed by atoms with Crippen molar-refractivity contribution in [3.8, 4) is 0 Å². The van der Waals surface area contributed by atoms with Crippen molar-refractivity contribution in [3.05, 3.63) is 140 Å². The molecule has 0 fully saturated rings. The van der Waals surface area contributed by atoms with Crippen LogP contribution in [0.3, 0.4) is 0 Å². The van der Waals surface area contributed by atoms with Crippen LogP contribution in [0.1, 0.15) is 69.0 Å². The van der Waals surface area contributed by atoms with Gasteiger partial charge in [-0.2, -0.15) is 0 Å². The summed E-state index contributed by atoms with van der Waals surface area (Å²) in [6, 6.07) is 31.9. The Kier molecular flexibility index (Phi) is 6.56. The molecule has 34 heavy (non-hydrogen) atoms. The van der Waals surface area contributed by atoms with Crippen LogP contribution in [0, 0.1) is 0 Å². The molecule has 0 aromatic heterocycles. The van der Waals surface area contributed by atoms with E-state index in [2.05, 4.69) is 24.3 Å². The van der Waals surface area contributed by atoms with Crippen LogP contribution in [-0.4, -0.2) is 10.9 Å². The summed E-state index contributed by atoms with van der Waals surface area (Å²) in [5.41, 5.74) is 6.52. The lowest BCUT2D eigenvalue weighted by atomic mass is 9.93. The van der Waals surface area contributed by atoms with Gasteiger partial charge >= 0.3 is 0 Å². The lowest BCUT2D eigenvalue weighted by Crippen LogP contribution is -1.95. The Balaban J connectivity index is 0.000000142. The molecule has 0 unspecified atom stereocenters. The molecule has 0 saturated heterocycles. The highest BCUT2D eigenvalue weighted by molar-refractivity contribution is 6.31. The number of aliphatic hydroxyl groups excluding tert-OH is 1. The molecule has 0 bridgehead atoms. The summed E-state index contributed by atoms with van der Waals surface area (Å²) in [6.45, 7) is 0. The van der Waals surface area contributed by atoms with Crippen molar-refractivity contribution < 1.29 is 9.90 Å². The van der Waals surface area contributed by atoms with E-state index in [4.69, 9.17) is 23.2 Å². The van der Waals surface area contributed by atoms with E-state index in [-0.39, 0.29) is 11.7 Å². The van der Waals surface area contributed by atoms with E-state index in [1.165, 1.54) is 16.7 Å². The predicted octanol–water partition coefficient (Wildman–Crippen LogP) is 7.97. The number of carbonyl (C=O) groups excluding carboxylic acids is 1. The third kappa shape index (κ3) is 4.54. The minimum atomic E-state index is -0.395. The third-order valence-electron chi connectivity index (χ3n) is 6.73. The molecule has 2 aliphatic rings. The van der Waals surface area contributed by atoms with Crippen molar-refractivity contribution in [2.45, 2.75) is 30.8 Å². The highest BCUT2D eigenvalue weighted by atomic mass is 35.5. The molecule has 6 rings (SSSR count). The first kappa shape index (κ1) is 22.9. The smallest absolute Gasteiger partial charge is 0.164 e. The van der Waals surface area contributed by atoms with Gasteiger partial charge in [0.15, 0.2) is 5.78 Å². The molecule has 4 heteroatoms. The summed E-state index contributed by atoms with van der Waals surface area (Å²) in [7, 11) is 0. The summed E-state index contributed by atoms with van der Waals surface area (Å²) in [6.07, 6.45) is 0.910. The molecule has 1 N–H and O–H groups in total. The maximum Gasteiger partial charge on any atom is 0.164 e. The molecule has 4 aromatic carbocycles. The molecular weight excluding hydrogens is 463 g/mol. The predicted molar refractivity (Wildman–Crippen MR) is 138 cm³/mol. The molecule has 2 nitrogen and oxygen atoms in total. The van der Waals surface area contributed by atoms with Crippen LogP contribution in [0.15, 0.2) is 97.1 Å². The van der Waals surface area contributed by atoms with Crippen LogP contribution in [0.25, 0.3) is 0 Å². The van der Waals surface area contributed by atoms with E-state index < -0.39 is 6.10 Å². The van der Waals surface area contributed by atoms with Gasteiger partial charge in [-0.05, 0) is 58.5 Å². The Morgan fingerprint density at radius 3 is 1.85 bits per heavy atom. The number of aliphatic hydroxyl groups is 1. The van der Waals surface area contributed by atoms with Gasteiger partial charge in [-0.3, -0.25) is 4.79 Å². The Bertz CT molecular complexity index is 1320. The number of hydrogen-bond donors (Lipinski definition) is 1. The molecule has 0 amide bonds. The van der Waals surface area contributed by atoms with Gasteiger partial charge in [-0.1, -0.05) is 96.0 Å². The first-order chi connectivity index (χ1) is 16.5. The molecule has 0 heterocycles. The normalized spacial score (nSPS) is 20.3. The first-order valence-electron chi connectivity index (χ1n) is 11.4. The Morgan fingerprint density at radius 2 is 1.21 bits per heavy atom. The van der Waals surface area contributed by atoms with E-state index in [0.717, 1.165) is 23.1 Å². The Labute approximate surface area is 209 Å². The Morgan fingerprint density at radius 1 is 0.647 bits per heavy atom. The lowest BCUT2D eigenvalue weighted by molar-refractivity contribution is 0.0991. The maximum atomic E-state index is 11.9. The zero-order chi connectivity index (χ0) is 23.7. The standard InChI is InChI=1S/C15H13ClO.C15H11ClO/c2*16-11-6-7-12-13(9-15(17)14(12)8-11)10-4-2-1-3-5-10/h1-8,13,15,17H,9H2;1-8,13H,9H2/t13-,15-;13-/m00/s1. The summed E-state index contributed by atoms with van der Waals surface area (Å²) in [4.78, 5) is 11.9. The topological polar surface area (TPSA) is 37.3 Å². The fourth-order valence-electron chi connectivity index (χ4n) is 5.09. The van der Waals surface area contributed by atoms with Crippen molar-refractivity contribution >= 4 is 29.0 Å². The molecule has 0 aliphatic heterocycles. The highest BCUT2D eigenvalue weighted by Crippen LogP contribution is 2.44. The van der Waals surface area contributed by atoms with Crippen LogP contribution in [-0.2, 0) is 0 Å². The number of carbonyl (C=O) groups is 1. The van der Waals surface area contributed by atoms with Gasteiger partial charge in [0, 0.05) is 33.9 Å². The van der Waals surface area contributed by atoms with Gasteiger partial charge in [0.1, 0.15) is 0 Å². The number of fused-ring (bicyclic) bond motifs is 2. The number of ketones is 1. The second-order valence-corrected chi connectivity index (χ2v) is 9.68. The van der Waals surface area contributed by atoms with Gasteiger partial charge < -0.3 is 5.11 Å². The number of benzene rings is 4. The van der Waals surface area contributed by atoms with E-state index in [1.54, 1.807) is 6.07 Å². The summed E-state index contributed by atoms with van der Waals surface area (Å²) < 4.78 is 0. The zero-order valence-corrected chi connectivity index (χ0v) is 20.0. The van der Waals surface area contributed by atoms with Crippen LogP contribution in [0.2, 0.25) is 10.0 Å². The molecule has 0 radical (unpaired) electrons. The number of hydrogen-bond acceptors (Lipinski definition) is 2. The van der Waals surface area contributed by atoms with E-state index >= 15 is 0 Å². The van der Waals surface area contributed by atoms with Crippen LogP contribution in [0.4, 0.5) is 0 Å². The molecule has 0 spiro atoms. The number of Topliss-reactive ketones (excluding diaryl/α,β-unsaturated/α-hetero) is 1. The van der Waals surface area contributed by atoms with Gasteiger partial charge in [0.25, 0.3) is 0 Å². The van der Waals surface area contributed by atoms with Crippen molar-refractivity contribution in [3.63, 3.8) is 0 Å². The lowest BCUT2D eigenvalue weighted by Gasteiger charge is -2.11. The fraction of sp³-hybridized carbons (Fsp3) is 0.167. The van der Waals surface area contributed by atoms with Crippen molar-refractivity contribution in [2.24, 2.45) is 0 Å². The molecule has 2 aliphatic carbocycles. The summed E-state index contributed by atoms with van der Waals surface area (Å²) >= 11 is 11.9. The first-order valence-corrected chi connectivity index (χ1v) is 12.2. The maximum absolute atomic E-state index is 11.9. The van der Waals surface area contributed by atoms with Crippen molar-refractivity contribution in [1.29, 1.82) is 0 Å². The van der Waals surface area contributed by atoms with E-state index in [1.807, 2.05) is 66.7 Å². The number of halogens is 2. The monoisotopic (exact) mass is 486 g/mol. The summed E-state index contributed by atoms with van der Waals surface area (Å²) in [5, 5.41) is 11.4. The fourth-order valence-corrected chi connectivity index (χ4v) is 5.44. The average molecular weight is 487 g/mol. The van der Waals surface area contributed by atoms with Gasteiger partial charge in [0.2, 0.25) is 0 Å². The SMILES string of the molecule is O=C1C[C@@H](c2ccccc2)c2ccc(Cl)cc21.O[C@H]1C[C@@H](c2ccccc2)c2ccc(Cl)cc21.